The van der Waals surface area contributed by atoms with Gasteiger partial charge in [-0.3, -0.25) is 9.59 Å². The molecule has 0 atom stereocenters. The normalized spacial score (nSPS) is 14.1. The van der Waals surface area contributed by atoms with Crippen LogP contribution in [0.1, 0.15) is 69.9 Å². The third-order valence-corrected chi connectivity index (χ3v) is 8.14. The van der Waals surface area contributed by atoms with Crippen molar-refractivity contribution in [2.24, 2.45) is 11.7 Å². The molecule has 11 heteroatoms. The van der Waals surface area contributed by atoms with Gasteiger partial charge < -0.3 is 20.4 Å². The summed E-state index contributed by atoms with van der Waals surface area (Å²) in [6.07, 6.45) is 10.3. The Morgan fingerprint density at radius 3 is 2.68 bits per heavy atom. The lowest BCUT2D eigenvalue weighted by Crippen LogP contribution is -2.16. The maximum Gasteiger partial charge on any atom is 0.341 e. The number of hydrogen-bond acceptors (Lipinski definition) is 8. The molecule has 2 heterocycles. The van der Waals surface area contributed by atoms with Crippen molar-refractivity contribution in [3.63, 3.8) is 0 Å². The van der Waals surface area contributed by atoms with Crippen molar-refractivity contribution in [2.75, 3.05) is 18.2 Å². The number of carbonyl (C=O) groups is 3. The lowest BCUT2D eigenvalue weighted by molar-refractivity contribution is -0.113. The van der Waals surface area contributed by atoms with E-state index < -0.39 is 11.9 Å². The molecule has 3 N–H and O–H groups in total. The summed E-state index contributed by atoms with van der Waals surface area (Å²) in [4.78, 5) is 36.8. The van der Waals surface area contributed by atoms with Crippen LogP contribution in [-0.2, 0) is 22.5 Å². The summed E-state index contributed by atoms with van der Waals surface area (Å²) in [5, 5.41) is 12.3. The minimum atomic E-state index is -0.666. The van der Waals surface area contributed by atoms with Gasteiger partial charge in [0.15, 0.2) is 5.16 Å². The smallest absolute Gasteiger partial charge is 0.341 e. The predicted octanol–water partition coefficient (Wildman–Crippen LogP) is 3.96. The number of anilines is 1. The topological polar surface area (TPSA) is 129 Å². The van der Waals surface area contributed by atoms with Gasteiger partial charge in [-0.25, -0.2) is 4.79 Å². The molecular formula is C23H31N5O4S2. The monoisotopic (exact) mass is 505 g/mol. The Balaban J connectivity index is 1.66. The summed E-state index contributed by atoms with van der Waals surface area (Å²) >= 11 is 2.22. The van der Waals surface area contributed by atoms with E-state index in [1.807, 2.05) is 4.57 Å². The molecule has 2 amide bonds. The zero-order valence-corrected chi connectivity index (χ0v) is 21.2. The van der Waals surface area contributed by atoms with Gasteiger partial charge in [-0.05, 0) is 24.8 Å². The van der Waals surface area contributed by atoms with Gasteiger partial charge in [0, 0.05) is 13.0 Å². The fourth-order valence-electron chi connectivity index (χ4n) is 4.21. The molecule has 1 aliphatic carbocycles. The van der Waals surface area contributed by atoms with Crippen LogP contribution in [0.4, 0.5) is 5.00 Å². The minimum Gasteiger partial charge on any atom is -0.465 e. The van der Waals surface area contributed by atoms with Gasteiger partial charge in [-0.1, -0.05) is 49.9 Å². The molecule has 1 saturated carbocycles. The predicted molar refractivity (Wildman–Crippen MR) is 133 cm³/mol. The molecule has 1 aliphatic rings. The molecule has 0 spiro atoms. The summed E-state index contributed by atoms with van der Waals surface area (Å²) < 4.78 is 6.80. The molecule has 34 heavy (non-hydrogen) atoms. The number of thioether (sulfide) groups is 1. The van der Waals surface area contributed by atoms with Crippen LogP contribution in [0.3, 0.4) is 0 Å². The van der Waals surface area contributed by atoms with Crippen molar-refractivity contribution >= 4 is 45.9 Å². The SMILES string of the molecule is C=CCn1c(CCC2CCCCC2)nnc1SCC(=O)Nc1sc(C(N)=O)c(C)c1C(=O)OC. The fraction of sp³-hybridized carbons (Fsp3) is 0.522. The Hall–Kier alpha value is -2.66. The van der Waals surface area contributed by atoms with E-state index in [2.05, 4.69) is 22.1 Å². The molecule has 0 saturated heterocycles. The lowest BCUT2D eigenvalue weighted by Gasteiger charge is -2.21. The maximum atomic E-state index is 12.7. The number of rotatable bonds is 11. The quantitative estimate of drug-likeness (QED) is 0.269. The van der Waals surface area contributed by atoms with Gasteiger partial charge in [-0.15, -0.1) is 28.1 Å². The molecule has 9 nitrogen and oxygen atoms in total. The van der Waals surface area contributed by atoms with Crippen molar-refractivity contribution in [1.29, 1.82) is 0 Å². The molecule has 0 radical (unpaired) electrons. The van der Waals surface area contributed by atoms with Crippen LogP contribution in [-0.4, -0.2) is 45.4 Å². The highest BCUT2D eigenvalue weighted by molar-refractivity contribution is 7.99. The highest BCUT2D eigenvalue weighted by Gasteiger charge is 2.25. The number of nitrogens with one attached hydrogen (secondary N) is 1. The standard InChI is InChI=1S/C23H31N5O4S2/c1-4-12-28-16(11-10-15-8-6-5-7-9-15)26-27-23(28)33-13-17(29)25-21-18(22(31)32-3)14(2)19(34-21)20(24)30/h4,15H,1,5-13H2,2-3H3,(H2,24,30)(H,25,29). The highest BCUT2D eigenvalue weighted by Crippen LogP contribution is 2.34. The zero-order chi connectivity index (χ0) is 24.7. The molecule has 2 aromatic rings. The number of hydrogen-bond donors (Lipinski definition) is 2. The van der Waals surface area contributed by atoms with Crippen LogP contribution in [0, 0.1) is 12.8 Å². The van der Waals surface area contributed by atoms with Gasteiger partial charge in [0.25, 0.3) is 5.91 Å². The number of ether oxygens (including phenoxy) is 1. The van der Waals surface area contributed by atoms with Crippen molar-refractivity contribution in [3.05, 3.63) is 34.5 Å². The van der Waals surface area contributed by atoms with Crippen LogP contribution in [0.25, 0.3) is 0 Å². The average molecular weight is 506 g/mol. The average Bonchev–Trinajstić information content (AvgIpc) is 3.36. The van der Waals surface area contributed by atoms with E-state index in [-0.39, 0.29) is 27.1 Å². The number of primary amides is 1. The van der Waals surface area contributed by atoms with E-state index in [1.54, 1.807) is 13.0 Å². The fourth-order valence-corrected chi connectivity index (χ4v) is 6.04. The molecule has 1 fully saturated rings. The molecule has 0 unspecified atom stereocenters. The van der Waals surface area contributed by atoms with Gasteiger partial charge in [0.1, 0.15) is 10.8 Å². The third kappa shape index (κ3) is 6.26. The van der Waals surface area contributed by atoms with Crippen LogP contribution in [0.5, 0.6) is 0 Å². The summed E-state index contributed by atoms with van der Waals surface area (Å²) in [5.41, 5.74) is 5.93. The lowest BCUT2D eigenvalue weighted by atomic mass is 9.86. The van der Waals surface area contributed by atoms with Crippen molar-refractivity contribution < 1.29 is 19.1 Å². The van der Waals surface area contributed by atoms with Gasteiger partial charge in [0.05, 0.1) is 23.3 Å². The van der Waals surface area contributed by atoms with E-state index in [9.17, 15) is 14.4 Å². The molecule has 0 aromatic carbocycles. The number of aryl methyl sites for hydroxylation is 1. The van der Waals surface area contributed by atoms with Crippen LogP contribution >= 0.6 is 23.1 Å². The summed E-state index contributed by atoms with van der Waals surface area (Å²) in [6, 6.07) is 0. The van der Waals surface area contributed by atoms with Crippen LogP contribution in [0.15, 0.2) is 17.8 Å². The molecule has 184 valence electrons. The summed E-state index contributed by atoms with van der Waals surface area (Å²) in [7, 11) is 1.24. The van der Waals surface area contributed by atoms with E-state index >= 15 is 0 Å². The van der Waals surface area contributed by atoms with Crippen LogP contribution < -0.4 is 11.1 Å². The van der Waals surface area contributed by atoms with Crippen LogP contribution in [0.2, 0.25) is 0 Å². The number of methoxy groups -OCH3 is 1. The Morgan fingerprint density at radius 1 is 1.29 bits per heavy atom. The van der Waals surface area contributed by atoms with Crippen molar-refractivity contribution in [2.45, 2.75) is 63.6 Å². The Bertz CT molecular complexity index is 1060. The number of aromatic nitrogens is 3. The molecule has 0 aliphatic heterocycles. The molecule has 2 aromatic heterocycles. The first-order valence-corrected chi connectivity index (χ1v) is 13.1. The first-order chi connectivity index (χ1) is 16.3. The van der Waals surface area contributed by atoms with E-state index in [4.69, 9.17) is 10.5 Å². The number of amides is 2. The van der Waals surface area contributed by atoms with E-state index in [0.29, 0.717) is 17.3 Å². The Labute approximate surface area is 207 Å². The number of allylic oxidation sites excluding steroid dienone is 1. The number of carbonyl (C=O) groups excluding carboxylic acids is 3. The third-order valence-electron chi connectivity index (χ3n) is 5.95. The van der Waals surface area contributed by atoms with Crippen molar-refractivity contribution in [1.82, 2.24) is 14.8 Å². The molecule has 3 rings (SSSR count). The molecule has 0 bridgehead atoms. The summed E-state index contributed by atoms with van der Waals surface area (Å²) in [6.45, 7) is 5.99. The number of nitrogens with two attached hydrogens (primary N) is 1. The second kappa shape index (κ2) is 12.2. The van der Waals surface area contributed by atoms with Gasteiger partial charge in [0.2, 0.25) is 5.91 Å². The summed E-state index contributed by atoms with van der Waals surface area (Å²) in [5.74, 6) is 0.0542. The van der Waals surface area contributed by atoms with E-state index in [0.717, 1.165) is 35.9 Å². The highest BCUT2D eigenvalue weighted by atomic mass is 32.2. The number of thiophene rings is 1. The van der Waals surface area contributed by atoms with Gasteiger partial charge in [-0.2, -0.15) is 0 Å². The largest absolute Gasteiger partial charge is 0.465 e. The second-order valence-electron chi connectivity index (χ2n) is 8.29. The van der Waals surface area contributed by atoms with Gasteiger partial charge >= 0.3 is 5.97 Å². The number of esters is 1. The zero-order valence-electron chi connectivity index (χ0n) is 19.6. The Morgan fingerprint density at radius 2 is 2.03 bits per heavy atom. The first kappa shape index (κ1) is 26.0. The minimum absolute atomic E-state index is 0.0569. The maximum absolute atomic E-state index is 12.7. The van der Waals surface area contributed by atoms with E-state index in [1.165, 1.54) is 51.0 Å². The van der Waals surface area contributed by atoms with Crippen molar-refractivity contribution in [3.8, 4) is 0 Å². The molecular weight excluding hydrogens is 474 g/mol. The first-order valence-electron chi connectivity index (χ1n) is 11.3. The number of nitrogens with zero attached hydrogens (tertiary/aromatic N) is 3. The Kier molecular flexibility index (Phi) is 9.28. The second-order valence-corrected chi connectivity index (χ2v) is 10.3.